The Bertz CT molecular complexity index is 990. The molecule has 0 saturated carbocycles. The molecule has 10 heteroatoms. The van der Waals surface area contributed by atoms with E-state index < -0.39 is 11.7 Å². The number of hydrogen-bond donors (Lipinski definition) is 1. The van der Waals surface area contributed by atoms with Crippen LogP contribution < -0.4 is 0 Å². The molecule has 1 N–H and O–H groups in total. The predicted octanol–water partition coefficient (Wildman–Crippen LogP) is 3.41. The maximum absolute atomic E-state index is 13.0. The van der Waals surface area contributed by atoms with Gasteiger partial charge in [-0.1, -0.05) is 30.4 Å². The van der Waals surface area contributed by atoms with E-state index >= 15 is 0 Å². The van der Waals surface area contributed by atoms with Gasteiger partial charge in [0.1, 0.15) is 0 Å². The smallest absolute Gasteiger partial charge is 0.416 e. The number of fused-ring (bicyclic) bond motifs is 1. The molecule has 3 heterocycles. The molecule has 1 fully saturated rings. The molecule has 3 aromatic rings. The number of aromatic nitrogens is 3. The van der Waals surface area contributed by atoms with E-state index in [-0.39, 0.29) is 11.9 Å². The minimum absolute atomic E-state index is 0.000950. The summed E-state index contributed by atoms with van der Waals surface area (Å²) in [5, 5.41) is 15.2. The molecule has 4 rings (SSSR count). The van der Waals surface area contributed by atoms with Gasteiger partial charge in [-0.3, -0.25) is 4.90 Å². The van der Waals surface area contributed by atoms with Crippen molar-refractivity contribution in [1.29, 1.82) is 0 Å². The van der Waals surface area contributed by atoms with Crippen LogP contribution in [0, 0.1) is 0 Å². The van der Waals surface area contributed by atoms with Gasteiger partial charge in [0.05, 0.1) is 16.5 Å². The van der Waals surface area contributed by atoms with Crippen LogP contribution >= 0.6 is 11.3 Å². The Balaban J connectivity index is 1.76. The van der Waals surface area contributed by atoms with E-state index in [4.69, 9.17) is 0 Å². The lowest BCUT2D eigenvalue weighted by atomic mass is 10.0. The van der Waals surface area contributed by atoms with Crippen molar-refractivity contribution >= 4 is 16.3 Å². The largest absolute Gasteiger partial charge is 0.492 e. The summed E-state index contributed by atoms with van der Waals surface area (Å²) in [6.07, 6.45) is -3.72. The van der Waals surface area contributed by atoms with Crippen molar-refractivity contribution in [2.45, 2.75) is 25.6 Å². The first-order valence-corrected chi connectivity index (χ1v) is 10.3. The van der Waals surface area contributed by atoms with Crippen LogP contribution in [-0.4, -0.2) is 62.7 Å². The first kappa shape index (κ1) is 20.1. The van der Waals surface area contributed by atoms with E-state index in [1.165, 1.54) is 28.0 Å². The number of alkyl halides is 3. The van der Waals surface area contributed by atoms with Crippen LogP contribution in [-0.2, 0) is 12.6 Å². The van der Waals surface area contributed by atoms with Crippen LogP contribution in [0.25, 0.3) is 4.96 Å². The van der Waals surface area contributed by atoms with Gasteiger partial charge in [-0.25, -0.2) is 4.98 Å². The van der Waals surface area contributed by atoms with Crippen molar-refractivity contribution in [3.05, 3.63) is 46.1 Å². The molecule has 1 atom stereocenters. The number of aryl methyl sites for hydroxylation is 1. The molecule has 0 aliphatic carbocycles. The highest BCUT2D eigenvalue weighted by atomic mass is 32.1. The minimum atomic E-state index is -4.38. The number of piperazine rings is 1. The predicted molar refractivity (Wildman–Crippen MR) is 104 cm³/mol. The molecule has 2 aromatic heterocycles. The number of halogens is 3. The molecule has 1 aliphatic rings. The van der Waals surface area contributed by atoms with Crippen molar-refractivity contribution in [2.75, 3.05) is 33.2 Å². The Morgan fingerprint density at radius 1 is 1.14 bits per heavy atom. The van der Waals surface area contributed by atoms with Crippen LogP contribution in [0.5, 0.6) is 5.88 Å². The van der Waals surface area contributed by atoms with E-state index in [9.17, 15) is 18.3 Å². The molecule has 0 bridgehead atoms. The van der Waals surface area contributed by atoms with Gasteiger partial charge in [-0.15, -0.1) is 5.10 Å². The molecule has 1 saturated heterocycles. The average Bonchev–Trinajstić information content (AvgIpc) is 3.23. The maximum Gasteiger partial charge on any atom is 0.416 e. The Hall–Kier alpha value is -2.17. The third kappa shape index (κ3) is 3.84. The first-order chi connectivity index (χ1) is 13.8. The summed E-state index contributed by atoms with van der Waals surface area (Å²) in [6, 6.07) is 4.84. The van der Waals surface area contributed by atoms with Crippen molar-refractivity contribution < 1.29 is 18.3 Å². The van der Waals surface area contributed by atoms with Crippen LogP contribution in [0.2, 0.25) is 0 Å². The first-order valence-electron chi connectivity index (χ1n) is 9.45. The summed E-state index contributed by atoms with van der Waals surface area (Å²) in [5.41, 5.74) is 0.0240. The van der Waals surface area contributed by atoms with Gasteiger partial charge in [-0.2, -0.15) is 17.7 Å². The number of benzene rings is 1. The third-order valence-corrected chi connectivity index (χ3v) is 6.34. The number of likely N-dealkylation sites (N-methyl/N-ethyl adjacent to an activating group) is 1. The summed E-state index contributed by atoms with van der Waals surface area (Å²) in [5.74, 6) is 0.643. The van der Waals surface area contributed by atoms with Gasteiger partial charge in [0.25, 0.3) is 0 Å². The Morgan fingerprint density at radius 2 is 1.79 bits per heavy atom. The van der Waals surface area contributed by atoms with Crippen LogP contribution in [0.3, 0.4) is 0 Å². The van der Waals surface area contributed by atoms with Crippen molar-refractivity contribution in [1.82, 2.24) is 24.4 Å². The SMILES string of the molecule is CCc1nc2sc([C@@H](c3ccc(C(F)(F)F)cc3)N3CCN(C)CC3)c(O)n2n1. The molecule has 1 aromatic carbocycles. The quantitative estimate of drug-likeness (QED) is 0.694. The van der Waals surface area contributed by atoms with E-state index in [1.54, 1.807) is 0 Å². The van der Waals surface area contributed by atoms with Gasteiger partial charge in [0.2, 0.25) is 10.8 Å². The number of nitrogens with zero attached hydrogens (tertiary/aromatic N) is 5. The second-order valence-electron chi connectivity index (χ2n) is 7.23. The highest BCUT2D eigenvalue weighted by Crippen LogP contribution is 2.41. The average molecular weight is 425 g/mol. The lowest BCUT2D eigenvalue weighted by Gasteiger charge is -2.37. The minimum Gasteiger partial charge on any atom is -0.492 e. The zero-order valence-electron chi connectivity index (χ0n) is 16.1. The van der Waals surface area contributed by atoms with Crippen molar-refractivity contribution in [2.24, 2.45) is 0 Å². The van der Waals surface area contributed by atoms with E-state index in [2.05, 4.69) is 19.9 Å². The summed E-state index contributed by atoms with van der Waals surface area (Å²) in [6.45, 7) is 5.12. The molecule has 0 unspecified atom stereocenters. The van der Waals surface area contributed by atoms with Gasteiger partial charge in [-0.05, 0) is 24.7 Å². The summed E-state index contributed by atoms with van der Waals surface area (Å²) >= 11 is 1.33. The van der Waals surface area contributed by atoms with Crippen molar-refractivity contribution in [3.63, 3.8) is 0 Å². The summed E-state index contributed by atoms with van der Waals surface area (Å²) < 4.78 is 40.4. The standard InChI is InChI=1S/C19H22F3N5OS/c1-3-14-23-18-27(24-14)17(28)16(29-18)15(26-10-8-25(2)9-11-26)12-4-6-13(7-5-12)19(20,21)22/h4-7,15,28H,3,8-11H2,1-2H3/t15-/m1/s1. The molecule has 0 amide bonds. The van der Waals surface area contributed by atoms with Crippen LogP contribution in [0.15, 0.2) is 24.3 Å². The van der Waals surface area contributed by atoms with E-state index in [0.29, 0.717) is 27.6 Å². The highest BCUT2D eigenvalue weighted by Gasteiger charge is 2.33. The number of hydrogen-bond acceptors (Lipinski definition) is 6. The fourth-order valence-electron chi connectivity index (χ4n) is 3.58. The molecule has 6 nitrogen and oxygen atoms in total. The summed E-state index contributed by atoms with van der Waals surface area (Å²) in [4.78, 5) is 10.0. The van der Waals surface area contributed by atoms with Crippen LogP contribution in [0.4, 0.5) is 13.2 Å². The lowest BCUT2D eigenvalue weighted by Crippen LogP contribution is -2.46. The lowest BCUT2D eigenvalue weighted by molar-refractivity contribution is -0.137. The molecule has 0 radical (unpaired) electrons. The molecule has 156 valence electrons. The third-order valence-electron chi connectivity index (χ3n) is 5.26. The van der Waals surface area contributed by atoms with Gasteiger partial charge < -0.3 is 10.0 Å². The molecular formula is C19H22F3N5OS. The number of aromatic hydroxyl groups is 1. The zero-order valence-corrected chi connectivity index (χ0v) is 17.0. The Labute approximate surface area is 170 Å². The zero-order chi connectivity index (χ0) is 20.8. The highest BCUT2D eigenvalue weighted by molar-refractivity contribution is 7.17. The molecular weight excluding hydrogens is 403 g/mol. The van der Waals surface area contributed by atoms with E-state index in [0.717, 1.165) is 38.3 Å². The second kappa shape index (κ2) is 7.58. The number of thiazole rings is 1. The topological polar surface area (TPSA) is 56.9 Å². The van der Waals surface area contributed by atoms with Gasteiger partial charge >= 0.3 is 6.18 Å². The van der Waals surface area contributed by atoms with Crippen molar-refractivity contribution in [3.8, 4) is 5.88 Å². The van der Waals surface area contributed by atoms with Gasteiger partial charge in [0.15, 0.2) is 5.82 Å². The fraction of sp³-hybridized carbons (Fsp3) is 0.474. The molecule has 1 aliphatic heterocycles. The number of rotatable bonds is 4. The molecule has 0 spiro atoms. The Morgan fingerprint density at radius 3 is 2.34 bits per heavy atom. The fourth-order valence-corrected chi connectivity index (χ4v) is 4.72. The van der Waals surface area contributed by atoms with E-state index in [1.807, 2.05) is 14.0 Å². The maximum atomic E-state index is 13.0. The second-order valence-corrected chi connectivity index (χ2v) is 8.24. The Kier molecular flexibility index (Phi) is 5.26. The van der Waals surface area contributed by atoms with Crippen LogP contribution in [0.1, 0.15) is 34.8 Å². The summed E-state index contributed by atoms with van der Waals surface area (Å²) in [7, 11) is 2.04. The monoisotopic (exact) mass is 425 g/mol. The molecule has 29 heavy (non-hydrogen) atoms. The van der Waals surface area contributed by atoms with Gasteiger partial charge in [0, 0.05) is 32.6 Å². The normalized spacial score (nSPS) is 17.8.